The summed E-state index contributed by atoms with van der Waals surface area (Å²) in [6.07, 6.45) is 0.192. The number of carbonyl (C=O) groups excluding carboxylic acids is 2. The molecule has 2 saturated heterocycles. The fourth-order valence-corrected chi connectivity index (χ4v) is 3.36. The van der Waals surface area contributed by atoms with Crippen molar-refractivity contribution in [3.63, 3.8) is 0 Å². The lowest BCUT2D eigenvalue weighted by Crippen LogP contribution is -2.53. The monoisotopic (exact) mass is 349 g/mol. The number of carbonyl (C=O) groups is 2. The summed E-state index contributed by atoms with van der Waals surface area (Å²) in [4.78, 5) is 30.1. The van der Waals surface area contributed by atoms with Gasteiger partial charge in [-0.15, -0.1) is 0 Å². The maximum Gasteiger partial charge on any atom is 0.236 e. The van der Waals surface area contributed by atoms with E-state index < -0.39 is 0 Å². The van der Waals surface area contributed by atoms with Crippen molar-refractivity contribution < 1.29 is 18.7 Å². The van der Waals surface area contributed by atoms with Gasteiger partial charge in [0.25, 0.3) is 0 Å². The number of hydrogen-bond donors (Lipinski definition) is 0. The molecular formula is C18H24FN3O3. The lowest BCUT2D eigenvalue weighted by Gasteiger charge is -2.36. The fraction of sp³-hybridized carbons (Fsp3) is 0.556. The van der Waals surface area contributed by atoms with Crippen LogP contribution in [0, 0.1) is 5.82 Å². The zero-order valence-electron chi connectivity index (χ0n) is 14.7. The van der Waals surface area contributed by atoms with Gasteiger partial charge in [-0.1, -0.05) is 12.1 Å². The third-order valence-corrected chi connectivity index (χ3v) is 4.87. The molecule has 0 unspecified atom stereocenters. The van der Waals surface area contributed by atoms with Crippen molar-refractivity contribution in [1.82, 2.24) is 14.7 Å². The molecule has 0 aromatic heterocycles. The minimum absolute atomic E-state index is 0.00324. The minimum atomic E-state index is -0.307. The largest absolute Gasteiger partial charge is 0.373 e. The van der Waals surface area contributed by atoms with Gasteiger partial charge in [0.2, 0.25) is 11.8 Å². The second kappa shape index (κ2) is 7.49. The molecule has 2 aliphatic heterocycles. The van der Waals surface area contributed by atoms with E-state index >= 15 is 0 Å². The molecule has 2 atom stereocenters. The smallest absolute Gasteiger partial charge is 0.236 e. The Labute approximate surface area is 147 Å². The highest BCUT2D eigenvalue weighted by Gasteiger charge is 2.42. The number of rotatable bonds is 4. The van der Waals surface area contributed by atoms with Crippen LogP contribution in [0.25, 0.3) is 0 Å². The summed E-state index contributed by atoms with van der Waals surface area (Å²) in [6, 6.07) is 6.05. The fourth-order valence-electron chi connectivity index (χ4n) is 3.36. The van der Waals surface area contributed by atoms with E-state index in [0.717, 1.165) is 5.56 Å². The molecule has 0 N–H and O–H groups in total. The van der Waals surface area contributed by atoms with Crippen molar-refractivity contribution in [3.05, 3.63) is 35.6 Å². The minimum Gasteiger partial charge on any atom is -0.373 e. The Kier molecular flexibility index (Phi) is 5.34. The van der Waals surface area contributed by atoms with Crippen molar-refractivity contribution in [3.8, 4) is 0 Å². The second-order valence-corrected chi connectivity index (χ2v) is 6.84. The number of amides is 2. The van der Waals surface area contributed by atoms with E-state index in [1.54, 1.807) is 36.0 Å². The average molecular weight is 349 g/mol. The van der Waals surface area contributed by atoms with E-state index in [4.69, 9.17) is 4.74 Å². The van der Waals surface area contributed by atoms with Gasteiger partial charge in [-0.05, 0) is 17.7 Å². The Balaban J connectivity index is 1.61. The van der Waals surface area contributed by atoms with E-state index in [0.29, 0.717) is 32.8 Å². The molecule has 7 heteroatoms. The summed E-state index contributed by atoms with van der Waals surface area (Å²) in [5.74, 6) is -0.252. The van der Waals surface area contributed by atoms with Crippen LogP contribution in [0.4, 0.5) is 4.39 Å². The van der Waals surface area contributed by atoms with E-state index in [1.807, 2.05) is 0 Å². The maximum absolute atomic E-state index is 13.0. The number of likely N-dealkylation sites (N-methyl/N-ethyl adjacent to an activating group) is 1. The Morgan fingerprint density at radius 1 is 1.24 bits per heavy atom. The summed E-state index contributed by atoms with van der Waals surface area (Å²) < 4.78 is 18.8. The lowest BCUT2D eigenvalue weighted by molar-refractivity contribution is -0.133. The van der Waals surface area contributed by atoms with Crippen LogP contribution < -0.4 is 0 Å². The van der Waals surface area contributed by atoms with Gasteiger partial charge in [0.1, 0.15) is 5.82 Å². The van der Waals surface area contributed by atoms with Crippen LogP contribution >= 0.6 is 0 Å². The van der Waals surface area contributed by atoms with Crippen LogP contribution in [-0.2, 0) is 20.7 Å². The second-order valence-electron chi connectivity index (χ2n) is 6.84. The molecule has 2 amide bonds. The number of fused-ring (bicyclic) bond motifs is 1. The zero-order chi connectivity index (χ0) is 18.0. The molecule has 0 spiro atoms. The molecule has 136 valence electrons. The van der Waals surface area contributed by atoms with Crippen LogP contribution in [0.1, 0.15) is 5.56 Å². The molecule has 25 heavy (non-hydrogen) atoms. The summed E-state index contributed by atoms with van der Waals surface area (Å²) >= 11 is 0. The van der Waals surface area contributed by atoms with E-state index in [1.165, 1.54) is 12.1 Å². The van der Waals surface area contributed by atoms with Gasteiger partial charge < -0.3 is 14.5 Å². The molecule has 0 saturated carbocycles. The number of ether oxygens (including phenoxy) is 1. The Hall–Kier alpha value is -1.99. The number of halogens is 1. The number of benzene rings is 1. The van der Waals surface area contributed by atoms with Crippen LogP contribution in [0.2, 0.25) is 0 Å². The van der Waals surface area contributed by atoms with Crippen LogP contribution in [0.5, 0.6) is 0 Å². The van der Waals surface area contributed by atoms with Crippen molar-refractivity contribution >= 4 is 11.8 Å². The number of likely N-dealkylation sites (tertiary alicyclic amines) is 1. The van der Waals surface area contributed by atoms with E-state index in [-0.39, 0.29) is 36.2 Å². The molecule has 0 aliphatic carbocycles. The molecule has 0 bridgehead atoms. The summed E-state index contributed by atoms with van der Waals surface area (Å²) in [5.41, 5.74) is 0.793. The summed E-state index contributed by atoms with van der Waals surface area (Å²) in [6.45, 7) is 2.71. The van der Waals surface area contributed by atoms with Gasteiger partial charge in [0, 0.05) is 33.7 Å². The lowest BCUT2D eigenvalue weighted by atomic mass is 10.1. The third-order valence-electron chi connectivity index (χ3n) is 4.87. The van der Waals surface area contributed by atoms with Gasteiger partial charge >= 0.3 is 0 Å². The molecule has 6 nitrogen and oxygen atoms in total. The molecule has 2 heterocycles. The molecule has 1 aromatic rings. The van der Waals surface area contributed by atoms with Crippen LogP contribution in [0.3, 0.4) is 0 Å². The Bertz CT molecular complexity index is 635. The van der Waals surface area contributed by atoms with Gasteiger partial charge in [0.05, 0.1) is 31.7 Å². The van der Waals surface area contributed by atoms with Gasteiger partial charge in [-0.25, -0.2) is 4.39 Å². The highest BCUT2D eigenvalue weighted by Crippen LogP contribution is 2.23. The number of hydrogen-bond acceptors (Lipinski definition) is 4. The predicted molar refractivity (Wildman–Crippen MR) is 90.5 cm³/mol. The van der Waals surface area contributed by atoms with Crippen LogP contribution in [0.15, 0.2) is 24.3 Å². The highest BCUT2D eigenvalue weighted by atomic mass is 19.1. The topological polar surface area (TPSA) is 53.1 Å². The average Bonchev–Trinajstić information content (AvgIpc) is 3.02. The predicted octanol–water partition coefficient (Wildman–Crippen LogP) is 0.368. The quantitative estimate of drug-likeness (QED) is 0.788. The third kappa shape index (κ3) is 4.16. The molecule has 3 rings (SSSR count). The zero-order valence-corrected chi connectivity index (χ0v) is 14.7. The normalized spacial score (nSPS) is 23.4. The van der Waals surface area contributed by atoms with Gasteiger partial charge in [-0.2, -0.15) is 0 Å². The summed E-state index contributed by atoms with van der Waals surface area (Å²) in [5, 5.41) is 0. The SMILES string of the molecule is CN(C)C(=O)CN1CCO[C@@H]2CN(C(=O)Cc3ccc(F)cc3)C[C@@H]21. The first kappa shape index (κ1) is 17.8. The first-order valence-electron chi connectivity index (χ1n) is 8.52. The Morgan fingerprint density at radius 3 is 2.64 bits per heavy atom. The molecule has 2 aliphatic rings. The standard InChI is InChI=1S/C18H24FN3O3/c1-20(2)18(24)12-21-7-8-25-16-11-22(10-15(16)21)17(23)9-13-3-5-14(19)6-4-13/h3-6,15-16H,7-12H2,1-2H3/t15-,16+/m0/s1. The Morgan fingerprint density at radius 2 is 1.96 bits per heavy atom. The van der Waals surface area contributed by atoms with Crippen molar-refractivity contribution in [1.29, 1.82) is 0 Å². The van der Waals surface area contributed by atoms with E-state index in [2.05, 4.69) is 4.90 Å². The van der Waals surface area contributed by atoms with Gasteiger partial charge in [0.15, 0.2) is 0 Å². The van der Waals surface area contributed by atoms with Crippen molar-refractivity contribution in [2.24, 2.45) is 0 Å². The van der Waals surface area contributed by atoms with E-state index in [9.17, 15) is 14.0 Å². The van der Waals surface area contributed by atoms with Gasteiger partial charge in [-0.3, -0.25) is 14.5 Å². The first-order chi connectivity index (χ1) is 11.9. The van der Waals surface area contributed by atoms with Crippen molar-refractivity contribution in [2.75, 3.05) is 46.9 Å². The highest BCUT2D eigenvalue weighted by molar-refractivity contribution is 5.79. The van der Waals surface area contributed by atoms with Crippen LogP contribution in [-0.4, -0.2) is 85.5 Å². The molecular weight excluding hydrogens is 325 g/mol. The molecule has 0 radical (unpaired) electrons. The number of nitrogens with zero attached hydrogens (tertiary/aromatic N) is 3. The van der Waals surface area contributed by atoms with Crippen molar-refractivity contribution in [2.45, 2.75) is 18.6 Å². The molecule has 2 fully saturated rings. The number of morpholine rings is 1. The molecule has 1 aromatic carbocycles. The maximum atomic E-state index is 13.0. The summed E-state index contributed by atoms with van der Waals surface area (Å²) in [7, 11) is 3.49. The first-order valence-corrected chi connectivity index (χ1v) is 8.52.